The highest BCUT2D eigenvalue weighted by Crippen LogP contribution is 2.30. The summed E-state index contributed by atoms with van der Waals surface area (Å²) >= 11 is 5.73. The van der Waals surface area contributed by atoms with Gasteiger partial charge in [0.25, 0.3) is 0 Å². The molecule has 1 aromatic rings. The van der Waals surface area contributed by atoms with Gasteiger partial charge in [-0.25, -0.2) is 4.39 Å². The van der Waals surface area contributed by atoms with E-state index < -0.39 is 5.82 Å². The first-order valence-corrected chi connectivity index (χ1v) is 7.38. The number of carbonyl (C=O) groups excluding carboxylic acids is 1. The third kappa shape index (κ3) is 3.30. The van der Waals surface area contributed by atoms with Crippen LogP contribution < -0.4 is 10.6 Å². The number of hydrogen-bond donors (Lipinski definition) is 2. The summed E-state index contributed by atoms with van der Waals surface area (Å²) < 4.78 is 13.1. The van der Waals surface area contributed by atoms with E-state index >= 15 is 0 Å². The van der Waals surface area contributed by atoms with E-state index in [9.17, 15) is 9.18 Å². The molecule has 1 atom stereocenters. The number of piperidine rings is 1. The van der Waals surface area contributed by atoms with Gasteiger partial charge in [-0.15, -0.1) is 0 Å². The van der Waals surface area contributed by atoms with E-state index in [1.54, 1.807) is 12.1 Å². The van der Waals surface area contributed by atoms with Crippen molar-refractivity contribution in [3.63, 3.8) is 0 Å². The van der Waals surface area contributed by atoms with Crippen molar-refractivity contribution in [2.24, 2.45) is 5.41 Å². The smallest absolute Gasteiger partial charge is 0.227 e. The lowest BCUT2D eigenvalue weighted by atomic mass is 9.77. The summed E-state index contributed by atoms with van der Waals surface area (Å²) in [6, 6.07) is 4.51. The fraction of sp³-hybridized carbons (Fsp3) is 0.533. The van der Waals surface area contributed by atoms with E-state index in [0.29, 0.717) is 6.54 Å². The molecule has 1 aromatic carbocycles. The van der Waals surface area contributed by atoms with Gasteiger partial charge in [-0.3, -0.25) is 4.79 Å². The van der Waals surface area contributed by atoms with Crippen LogP contribution >= 0.6 is 11.6 Å². The number of rotatable bonds is 4. The molecular weight excluding hydrogens is 279 g/mol. The Balaban J connectivity index is 1.98. The summed E-state index contributed by atoms with van der Waals surface area (Å²) in [4.78, 5) is 12.4. The number of benzene rings is 1. The van der Waals surface area contributed by atoms with Gasteiger partial charge in [-0.1, -0.05) is 24.6 Å². The van der Waals surface area contributed by atoms with Crippen molar-refractivity contribution in [2.75, 3.05) is 13.1 Å². The first kappa shape index (κ1) is 15.3. The predicted molar refractivity (Wildman–Crippen MR) is 78.1 cm³/mol. The zero-order valence-electron chi connectivity index (χ0n) is 11.6. The average Bonchev–Trinajstić information content (AvgIpc) is 2.48. The summed E-state index contributed by atoms with van der Waals surface area (Å²) in [5.74, 6) is -0.379. The monoisotopic (exact) mass is 298 g/mol. The fourth-order valence-electron chi connectivity index (χ4n) is 2.64. The molecule has 5 heteroatoms. The van der Waals surface area contributed by atoms with Crippen LogP contribution in [0.15, 0.2) is 18.2 Å². The minimum Gasteiger partial charge on any atom is -0.352 e. The maximum Gasteiger partial charge on any atom is 0.227 e. The summed E-state index contributed by atoms with van der Waals surface area (Å²) in [5.41, 5.74) is 0.488. The molecule has 3 nitrogen and oxygen atoms in total. The topological polar surface area (TPSA) is 41.1 Å². The van der Waals surface area contributed by atoms with Crippen molar-refractivity contribution in [3.8, 4) is 0 Å². The molecule has 0 saturated carbocycles. The minimum absolute atomic E-state index is 0.0626. The fourth-order valence-corrected chi connectivity index (χ4v) is 2.85. The maximum atomic E-state index is 13.1. The average molecular weight is 299 g/mol. The van der Waals surface area contributed by atoms with Crippen molar-refractivity contribution in [1.29, 1.82) is 0 Å². The molecule has 2 N–H and O–H groups in total. The number of nitrogens with one attached hydrogen (secondary N) is 2. The zero-order chi connectivity index (χ0) is 14.6. The Morgan fingerprint density at radius 1 is 1.55 bits per heavy atom. The van der Waals surface area contributed by atoms with Crippen LogP contribution in [-0.4, -0.2) is 19.0 Å². The van der Waals surface area contributed by atoms with E-state index in [-0.39, 0.29) is 16.3 Å². The Morgan fingerprint density at radius 3 is 2.95 bits per heavy atom. The van der Waals surface area contributed by atoms with Crippen LogP contribution in [0.25, 0.3) is 0 Å². The van der Waals surface area contributed by atoms with Gasteiger partial charge in [-0.2, -0.15) is 0 Å². The number of carbonyl (C=O) groups is 1. The van der Waals surface area contributed by atoms with Gasteiger partial charge >= 0.3 is 0 Å². The van der Waals surface area contributed by atoms with Crippen molar-refractivity contribution in [2.45, 2.75) is 32.7 Å². The first-order valence-electron chi connectivity index (χ1n) is 7.00. The molecule has 0 aliphatic carbocycles. The van der Waals surface area contributed by atoms with E-state index in [1.165, 1.54) is 6.07 Å². The summed E-state index contributed by atoms with van der Waals surface area (Å²) in [7, 11) is 0. The molecule has 0 aromatic heterocycles. The Kier molecular flexibility index (Phi) is 5.00. The molecule has 1 aliphatic rings. The van der Waals surface area contributed by atoms with Crippen LogP contribution in [-0.2, 0) is 11.3 Å². The van der Waals surface area contributed by atoms with E-state index in [4.69, 9.17) is 11.6 Å². The molecule has 1 aliphatic heterocycles. The Hall–Kier alpha value is -1.13. The second kappa shape index (κ2) is 6.55. The van der Waals surface area contributed by atoms with Gasteiger partial charge in [0.1, 0.15) is 5.82 Å². The van der Waals surface area contributed by atoms with E-state index in [0.717, 1.165) is 37.9 Å². The highest BCUT2D eigenvalue weighted by Gasteiger charge is 2.37. The van der Waals surface area contributed by atoms with Crippen LogP contribution in [0.4, 0.5) is 4.39 Å². The number of hydrogen-bond acceptors (Lipinski definition) is 2. The van der Waals surface area contributed by atoms with Crippen molar-refractivity contribution < 1.29 is 9.18 Å². The summed E-state index contributed by atoms with van der Waals surface area (Å²) in [5, 5.41) is 6.32. The van der Waals surface area contributed by atoms with Gasteiger partial charge in [0.2, 0.25) is 5.91 Å². The second-order valence-corrected chi connectivity index (χ2v) is 5.75. The summed E-state index contributed by atoms with van der Waals surface area (Å²) in [6.07, 6.45) is 2.74. The zero-order valence-corrected chi connectivity index (χ0v) is 12.4. The molecular formula is C15H20ClFN2O. The molecule has 110 valence electrons. The van der Waals surface area contributed by atoms with Crippen LogP contribution in [0.2, 0.25) is 5.02 Å². The standard InChI is InChI=1S/C15H20ClFN2O/c1-2-15(6-3-7-18-10-15)14(20)19-9-11-4-5-13(17)12(16)8-11/h4-5,8,18H,2-3,6-7,9-10H2,1H3,(H,19,20). The Bertz CT molecular complexity index is 487. The van der Waals surface area contributed by atoms with Crippen LogP contribution in [0.3, 0.4) is 0 Å². The quantitative estimate of drug-likeness (QED) is 0.897. The third-order valence-electron chi connectivity index (χ3n) is 4.07. The van der Waals surface area contributed by atoms with Crippen LogP contribution in [0.1, 0.15) is 31.7 Å². The Morgan fingerprint density at radius 2 is 2.35 bits per heavy atom. The maximum absolute atomic E-state index is 13.1. The highest BCUT2D eigenvalue weighted by molar-refractivity contribution is 6.30. The molecule has 1 unspecified atom stereocenters. The molecule has 1 heterocycles. The van der Waals surface area contributed by atoms with Crippen molar-refractivity contribution >= 4 is 17.5 Å². The number of amides is 1. The molecule has 0 radical (unpaired) electrons. The van der Waals surface area contributed by atoms with Crippen LogP contribution in [0, 0.1) is 11.2 Å². The van der Waals surface area contributed by atoms with E-state index in [2.05, 4.69) is 10.6 Å². The minimum atomic E-state index is -0.441. The van der Waals surface area contributed by atoms with Gasteiger partial charge < -0.3 is 10.6 Å². The lowest BCUT2D eigenvalue weighted by Gasteiger charge is -2.35. The predicted octanol–water partition coefficient (Wildman–Crippen LogP) is 2.88. The molecule has 20 heavy (non-hydrogen) atoms. The molecule has 1 amide bonds. The Labute approximate surface area is 123 Å². The second-order valence-electron chi connectivity index (χ2n) is 5.35. The lowest BCUT2D eigenvalue weighted by molar-refractivity contribution is -0.132. The summed E-state index contributed by atoms with van der Waals surface area (Å²) in [6.45, 7) is 4.12. The van der Waals surface area contributed by atoms with E-state index in [1.807, 2.05) is 6.92 Å². The van der Waals surface area contributed by atoms with Crippen LogP contribution in [0.5, 0.6) is 0 Å². The SMILES string of the molecule is CCC1(C(=O)NCc2ccc(F)c(Cl)c2)CCCNC1. The molecule has 0 bridgehead atoms. The van der Waals surface area contributed by atoms with Gasteiger partial charge in [0, 0.05) is 13.1 Å². The first-order chi connectivity index (χ1) is 9.57. The highest BCUT2D eigenvalue weighted by atomic mass is 35.5. The molecule has 1 fully saturated rings. The van der Waals surface area contributed by atoms with Gasteiger partial charge in [0.15, 0.2) is 0 Å². The van der Waals surface area contributed by atoms with Crippen molar-refractivity contribution in [1.82, 2.24) is 10.6 Å². The third-order valence-corrected chi connectivity index (χ3v) is 4.36. The van der Waals surface area contributed by atoms with Crippen molar-refractivity contribution in [3.05, 3.63) is 34.6 Å². The molecule has 2 rings (SSSR count). The molecule has 1 saturated heterocycles. The largest absolute Gasteiger partial charge is 0.352 e. The number of halogens is 2. The van der Waals surface area contributed by atoms with Gasteiger partial charge in [0.05, 0.1) is 10.4 Å². The lowest BCUT2D eigenvalue weighted by Crippen LogP contribution is -2.50. The normalized spacial score (nSPS) is 22.6. The molecule has 0 spiro atoms. The van der Waals surface area contributed by atoms with Gasteiger partial charge in [-0.05, 0) is 43.5 Å².